The summed E-state index contributed by atoms with van der Waals surface area (Å²) in [5, 5.41) is 21.0. The molecule has 364 valence electrons. The predicted molar refractivity (Wildman–Crippen MR) is 258 cm³/mol. The van der Waals surface area contributed by atoms with Gasteiger partial charge in [0.25, 0.3) is 0 Å². The van der Waals surface area contributed by atoms with Gasteiger partial charge in [0, 0.05) is 38.6 Å². The Bertz CT molecular complexity index is 1320. The molecular weight excluding hydrogens is 946 g/mol. The fourth-order valence-corrected chi connectivity index (χ4v) is 7.92. The van der Waals surface area contributed by atoms with Gasteiger partial charge in [-0.15, -0.1) is 0 Å². The van der Waals surface area contributed by atoms with Crippen LogP contribution in [0.2, 0.25) is 0 Å². The topological polar surface area (TPSA) is 151 Å². The van der Waals surface area contributed by atoms with Crippen LogP contribution in [0, 0.1) is 0 Å². The zero-order chi connectivity index (χ0) is 46.9. The third-order valence-electron chi connectivity index (χ3n) is 11.4. The summed E-state index contributed by atoms with van der Waals surface area (Å²) in [5.41, 5.74) is 2.30. The number of esters is 2. The molecule has 2 aromatic carbocycles. The zero-order valence-corrected chi connectivity index (χ0v) is 45.5. The largest absolute Gasteiger partial charge is 2.00 e. The van der Waals surface area contributed by atoms with Gasteiger partial charge in [-0.05, 0) is 75.3 Å². The number of benzene rings is 2. The van der Waals surface area contributed by atoms with Crippen LogP contribution in [0.1, 0.15) is 219 Å². The molecule has 2 rings (SSSR count). The molecule has 11 heteroatoms. The van der Waals surface area contributed by atoms with Crippen molar-refractivity contribution >= 4 is 72.8 Å². The van der Waals surface area contributed by atoms with E-state index in [4.69, 9.17) is 18.9 Å². The monoisotopic (exact) mass is 1030 g/mol. The quantitative estimate of drug-likeness (QED) is 0.0358. The normalized spacial score (nSPS) is 12.7. The molecule has 0 saturated heterocycles. The Morgan fingerprint density at radius 3 is 1.03 bits per heavy atom. The second-order valence-corrected chi connectivity index (χ2v) is 17.5. The summed E-state index contributed by atoms with van der Waals surface area (Å²) in [4.78, 5) is 44.3. The number of hydrogen-bond acceptors (Lipinski definition) is 10. The van der Waals surface area contributed by atoms with Crippen molar-refractivity contribution in [1.82, 2.24) is 0 Å². The summed E-state index contributed by atoms with van der Waals surface area (Å²) in [6.07, 6.45) is 26.5. The molecule has 0 heterocycles. The van der Waals surface area contributed by atoms with Gasteiger partial charge < -0.3 is 38.7 Å². The minimum absolute atomic E-state index is 0. The molecule has 65 heavy (non-hydrogen) atoms. The second kappa shape index (κ2) is 44.3. The summed E-state index contributed by atoms with van der Waals surface area (Å²) in [5.74, 6) is -2.49. The first kappa shape index (κ1) is 62.8. The Morgan fingerprint density at radius 2 is 0.723 bits per heavy atom. The van der Waals surface area contributed by atoms with E-state index >= 15 is 0 Å². The molecule has 0 amide bonds. The molecule has 4 atom stereocenters. The number of hydrogen-bond donors (Lipinski definition) is 0. The molecule has 0 aliphatic rings. The number of carboxylic acids is 2. The van der Waals surface area contributed by atoms with Crippen LogP contribution in [0.25, 0.3) is 0 Å². The Kier molecular flexibility index (Phi) is 42.8. The van der Waals surface area contributed by atoms with Crippen molar-refractivity contribution in [2.75, 3.05) is 0 Å². The van der Waals surface area contributed by atoms with Crippen molar-refractivity contribution in [2.24, 2.45) is 0 Å². The fraction of sp³-hybridized carbons (Fsp3) is 0.704. The molecule has 2 aromatic rings. The van der Waals surface area contributed by atoms with E-state index in [2.05, 4.69) is 38.1 Å². The van der Waals surface area contributed by atoms with Gasteiger partial charge in [0.2, 0.25) is 0 Å². The fourth-order valence-electron chi connectivity index (χ4n) is 7.92. The molecule has 10 nitrogen and oxygen atoms in total. The van der Waals surface area contributed by atoms with Crippen LogP contribution in [-0.4, -0.2) is 97.2 Å². The van der Waals surface area contributed by atoms with E-state index in [1.165, 1.54) is 78.1 Å². The Labute approximate surface area is 434 Å². The van der Waals surface area contributed by atoms with Crippen molar-refractivity contribution in [3.63, 3.8) is 0 Å². The van der Waals surface area contributed by atoms with Crippen LogP contribution < -0.4 is 10.2 Å². The molecular formula is C54H86BaO10. The molecule has 0 aromatic heterocycles. The molecule has 0 fully saturated rings. The van der Waals surface area contributed by atoms with E-state index in [1.54, 1.807) is 0 Å². The molecule has 0 radical (unpaired) electrons. The van der Waals surface area contributed by atoms with E-state index in [-0.39, 0.29) is 98.1 Å². The minimum atomic E-state index is -0.990. The number of ether oxygens (including phenoxy) is 4. The van der Waals surface area contributed by atoms with Crippen LogP contribution >= 0.6 is 0 Å². The Morgan fingerprint density at radius 1 is 0.431 bits per heavy atom. The van der Waals surface area contributed by atoms with Crippen molar-refractivity contribution in [3.05, 3.63) is 71.8 Å². The van der Waals surface area contributed by atoms with E-state index in [0.29, 0.717) is 38.9 Å². The Hall–Kier alpha value is -2.19. The van der Waals surface area contributed by atoms with E-state index in [0.717, 1.165) is 88.2 Å². The standard InChI is InChI=1S/2C27H44O5.Ba/c2*1-3-4-5-6-7-13-18-25(31-22-24-16-11-10-12-17-24)21-26(32-23(2)28)19-14-8-9-15-20-27(29)30;/h2*10-12,16-17,25-26H,3-9,13-15,18-22H2,1-2H3,(H,29,30);/q;;+2/p-2. The number of aliphatic carboxylic acids is 2. The van der Waals surface area contributed by atoms with Crippen LogP contribution in [0.5, 0.6) is 0 Å². The van der Waals surface area contributed by atoms with Crippen LogP contribution in [0.4, 0.5) is 0 Å². The van der Waals surface area contributed by atoms with Crippen LogP contribution in [0.3, 0.4) is 0 Å². The summed E-state index contributed by atoms with van der Waals surface area (Å²) >= 11 is 0. The van der Waals surface area contributed by atoms with Crippen molar-refractivity contribution in [2.45, 2.75) is 245 Å². The molecule has 4 unspecified atom stereocenters. The average Bonchev–Trinajstić information content (AvgIpc) is 3.26. The number of unbranched alkanes of at least 4 members (excludes halogenated alkanes) is 16. The predicted octanol–water partition coefficient (Wildman–Crippen LogP) is 11.1. The summed E-state index contributed by atoms with van der Waals surface area (Å²) in [6, 6.07) is 20.3. The number of carboxylic acid groups (broad SMARTS) is 2. The van der Waals surface area contributed by atoms with Crippen molar-refractivity contribution < 1.29 is 48.3 Å². The molecule has 0 bridgehead atoms. The van der Waals surface area contributed by atoms with Gasteiger partial charge in [0.15, 0.2) is 0 Å². The molecule has 0 aliphatic heterocycles. The summed E-state index contributed by atoms with van der Waals surface area (Å²) in [7, 11) is 0. The average molecular weight is 1030 g/mol. The van der Waals surface area contributed by atoms with Gasteiger partial charge in [-0.2, -0.15) is 0 Å². The first-order valence-electron chi connectivity index (χ1n) is 25.1. The maximum Gasteiger partial charge on any atom is 2.00 e. The molecule has 0 aliphatic carbocycles. The first-order chi connectivity index (χ1) is 31.0. The van der Waals surface area contributed by atoms with Gasteiger partial charge in [-0.1, -0.05) is 177 Å². The van der Waals surface area contributed by atoms with Crippen molar-refractivity contribution in [3.8, 4) is 0 Å². The minimum Gasteiger partial charge on any atom is -0.550 e. The third-order valence-corrected chi connectivity index (χ3v) is 11.4. The maximum absolute atomic E-state index is 11.7. The Balaban J connectivity index is 0.00000124. The third kappa shape index (κ3) is 40.6. The van der Waals surface area contributed by atoms with Crippen LogP contribution in [-0.2, 0) is 51.3 Å². The SMILES string of the molecule is CCCCCCCCC(CC(CCCCCCC(=O)[O-])OC(C)=O)OCc1ccccc1.CCCCCCCCC(CC(CCCCCCC(=O)[O-])OC(C)=O)OCc1ccccc1.[Ba+2]. The van der Waals surface area contributed by atoms with Gasteiger partial charge in [-0.25, -0.2) is 0 Å². The first-order valence-corrected chi connectivity index (χ1v) is 25.1. The molecule has 0 N–H and O–H groups in total. The number of rotatable bonds is 40. The number of carbonyl (C=O) groups excluding carboxylic acids is 4. The van der Waals surface area contributed by atoms with Gasteiger partial charge in [0.05, 0.1) is 25.4 Å². The second-order valence-electron chi connectivity index (χ2n) is 17.5. The van der Waals surface area contributed by atoms with E-state index in [9.17, 15) is 29.4 Å². The molecule has 0 saturated carbocycles. The van der Waals surface area contributed by atoms with E-state index < -0.39 is 11.9 Å². The number of carbonyl (C=O) groups is 4. The smallest absolute Gasteiger partial charge is 0.550 e. The summed E-state index contributed by atoms with van der Waals surface area (Å²) < 4.78 is 23.8. The molecule has 0 spiro atoms. The maximum atomic E-state index is 11.7. The van der Waals surface area contributed by atoms with Gasteiger partial charge in [0.1, 0.15) is 12.2 Å². The summed E-state index contributed by atoms with van der Waals surface area (Å²) in [6.45, 7) is 8.51. The van der Waals surface area contributed by atoms with Gasteiger partial charge in [-0.3, -0.25) is 9.59 Å². The van der Waals surface area contributed by atoms with Crippen LogP contribution in [0.15, 0.2) is 60.7 Å². The van der Waals surface area contributed by atoms with E-state index in [1.807, 2.05) is 36.4 Å². The van der Waals surface area contributed by atoms with Gasteiger partial charge >= 0.3 is 60.8 Å². The zero-order valence-electron chi connectivity index (χ0n) is 41.1. The van der Waals surface area contributed by atoms with Crippen molar-refractivity contribution in [1.29, 1.82) is 0 Å².